The van der Waals surface area contributed by atoms with E-state index < -0.39 is 11.4 Å². The first-order valence-corrected chi connectivity index (χ1v) is 13.0. The number of nitrogens with one attached hydrogen (secondary N) is 1. The van der Waals surface area contributed by atoms with Crippen molar-refractivity contribution in [3.8, 4) is 16.9 Å². The van der Waals surface area contributed by atoms with E-state index in [0.717, 1.165) is 36.6 Å². The lowest BCUT2D eigenvalue weighted by molar-refractivity contribution is 0.412. The van der Waals surface area contributed by atoms with E-state index in [-0.39, 0.29) is 5.41 Å². The predicted molar refractivity (Wildman–Crippen MR) is 139 cm³/mol. The van der Waals surface area contributed by atoms with Gasteiger partial charge in [-0.05, 0) is 69.6 Å². The van der Waals surface area contributed by atoms with E-state index in [2.05, 4.69) is 72.7 Å². The molecule has 1 atom stereocenters. The second-order valence-corrected chi connectivity index (χ2v) is 12.0. The quantitative estimate of drug-likeness (QED) is 0.324. The summed E-state index contributed by atoms with van der Waals surface area (Å²) in [5.41, 5.74) is 5.13. The van der Waals surface area contributed by atoms with Gasteiger partial charge in [0.25, 0.3) is 0 Å². The highest BCUT2D eigenvalue weighted by atomic mass is 32.2. The first-order chi connectivity index (χ1) is 15.8. The Morgan fingerprint density at radius 1 is 1.00 bits per heavy atom. The number of aromatic nitrogens is 1. The normalized spacial score (nSPS) is 15.4. The lowest BCUT2D eigenvalue weighted by Crippen LogP contribution is -2.30. The highest BCUT2D eigenvalue weighted by Crippen LogP contribution is 2.33. The van der Waals surface area contributed by atoms with Crippen LogP contribution in [-0.4, -0.2) is 26.0 Å². The second kappa shape index (κ2) is 8.71. The summed E-state index contributed by atoms with van der Waals surface area (Å²) in [5.74, 6) is 0.292. The number of phenols is 1. The Morgan fingerprint density at radius 2 is 1.70 bits per heavy atom. The average Bonchev–Trinajstić information content (AvgIpc) is 3.57. The van der Waals surface area contributed by atoms with Crippen molar-refractivity contribution in [1.29, 1.82) is 0 Å². The lowest BCUT2D eigenvalue weighted by atomic mass is 9.87. The smallest absolute Gasteiger partial charge is 0.135 e. The molecule has 0 saturated heterocycles. The highest BCUT2D eigenvalue weighted by Gasteiger charge is 2.34. The van der Waals surface area contributed by atoms with Crippen LogP contribution in [0.1, 0.15) is 39.2 Å². The van der Waals surface area contributed by atoms with Gasteiger partial charge in [0, 0.05) is 47.8 Å². The van der Waals surface area contributed by atoms with Crippen LogP contribution in [-0.2, 0) is 24.3 Å². The summed E-state index contributed by atoms with van der Waals surface area (Å²) >= 11 is -0.898. The molecule has 1 fully saturated rings. The summed E-state index contributed by atoms with van der Waals surface area (Å²) in [4.78, 5) is 0. The van der Waals surface area contributed by atoms with Crippen molar-refractivity contribution in [2.45, 2.75) is 51.8 Å². The molecular formula is C28H32N2O2S. The van der Waals surface area contributed by atoms with Gasteiger partial charge < -0.3 is 14.2 Å². The molecule has 3 aromatic carbocycles. The number of phenolic OH excluding ortho intramolecular Hbond substituents is 1. The molecule has 1 unspecified atom stereocenters. The third kappa shape index (κ3) is 5.06. The molecule has 0 radical (unpaired) electrons. The number of benzene rings is 3. The van der Waals surface area contributed by atoms with E-state index in [9.17, 15) is 9.66 Å². The van der Waals surface area contributed by atoms with Gasteiger partial charge >= 0.3 is 0 Å². The Hall–Kier alpha value is -2.47. The summed E-state index contributed by atoms with van der Waals surface area (Å²) in [5, 5.41) is 13.6. The Bertz CT molecular complexity index is 1300. The maximum atomic E-state index is 12.1. The van der Waals surface area contributed by atoms with Gasteiger partial charge in [0.05, 0.1) is 6.54 Å². The van der Waals surface area contributed by atoms with Gasteiger partial charge in [-0.15, -0.1) is 4.72 Å². The number of rotatable bonds is 7. The van der Waals surface area contributed by atoms with Crippen molar-refractivity contribution in [1.82, 2.24) is 9.29 Å². The molecule has 2 N–H and O–H groups in total. The van der Waals surface area contributed by atoms with E-state index in [4.69, 9.17) is 0 Å². The number of aromatic hydroxyl groups is 1. The molecular weight excluding hydrogens is 428 g/mol. The molecule has 172 valence electrons. The van der Waals surface area contributed by atoms with E-state index >= 15 is 0 Å². The lowest BCUT2D eigenvalue weighted by Gasteiger charge is -2.17. The number of hydrogen-bond donors (Lipinski definition) is 2. The number of fused-ring (bicyclic) bond motifs is 2. The van der Waals surface area contributed by atoms with Gasteiger partial charge in [-0.3, -0.25) is 0 Å². The van der Waals surface area contributed by atoms with Crippen LogP contribution in [0.25, 0.3) is 32.8 Å². The molecule has 1 aromatic heterocycles. The Morgan fingerprint density at radius 3 is 2.45 bits per heavy atom. The zero-order valence-electron chi connectivity index (χ0n) is 19.6. The van der Waals surface area contributed by atoms with E-state index in [1.807, 2.05) is 6.07 Å². The van der Waals surface area contributed by atoms with Crippen LogP contribution in [0.3, 0.4) is 0 Å². The summed E-state index contributed by atoms with van der Waals surface area (Å²) in [7, 11) is 0. The maximum Gasteiger partial charge on any atom is 0.135 e. The Kier molecular flexibility index (Phi) is 5.89. The molecule has 33 heavy (non-hydrogen) atoms. The Labute approximate surface area is 198 Å². The molecule has 0 aliphatic heterocycles. The first-order valence-electron chi connectivity index (χ1n) is 11.8. The van der Waals surface area contributed by atoms with Crippen LogP contribution in [0.4, 0.5) is 0 Å². The number of hydrogen-bond acceptors (Lipinski definition) is 3. The van der Waals surface area contributed by atoms with Crippen LogP contribution < -0.4 is 4.72 Å². The third-order valence-corrected chi connectivity index (χ3v) is 7.83. The molecule has 1 saturated carbocycles. The number of nitrogens with zero attached hydrogens (tertiary/aromatic N) is 1. The minimum absolute atomic E-state index is 0.186. The van der Waals surface area contributed by atoms with E-state index in [1.54, 1.807) is 12.1 Å². The molecule has 1 aliphatic carbocycles. The van der Waals surface area contributed by atoms with Crippen molar-refractivity contribution in [2.24, 2.45) is 5.41 Å². The van der Waals surface area contributed by atoms with E-state index in [0.29, 0.717) is 17.5 Å². The van der Waals surface area contributed by atoms with Crippen molar-refractivity contribution in [2.75, 3.05) is 6.54 Å². The van der Waals surface area contributed by atoms with Gasteiger partial charge in [-0.25, -0.2) is 0 Å². The molecule has 4 aromatic rings. The zero-order chi connectivity index (χ0) is 23.2. The summed E-state index contributed by atoms with van der Waals surface area (Å²) in [6.07, 6.45) is 5.45. The fourth-order valence-corrected chi connectivity index (χ4v) is 5.62. The topological polar surface area (TPSA) is 60.2 Å². The molecule has 5 rings (SSSR count). The fourth-order valence-electron chi connectivity index (χ4n) is 4.53. The minimum Gasteiger partial charge on any atom is -0.598 e. The third-order valence-electron chi connectivity index (χ3n) is 6.27. The SMILES string of the molecule is CC(C)(C)Cc1cn(CCN[S+]([O-])C2CC2)c2ccc(-c3ccc4cc(O)ccc4c3)cc12. The molecule has 5 heteroatoms. The van der Waals surface area contributed by atoms with Crippen LogP contribution in [0.15, 0.2) is 60.8 Å². The monoisotopic (exact) mass is 460 g/mol. The molecule has 4 nitrogen and oxygen atoms in total. The minimum atomic E-state index is -0.898. The second-order valence-electron chi connectivity index (χ2n) is 10.5. The van der Waals surface area contributed by atoms with Crippen molar-refractivity contribution < 1.29 is 9.66 Å². The molecule has 0 bridgehead atoms. The van der Waals surface area contributed by atoms with Crippen molar-refractivity contribution in [3.05, 3.63) is 66.4 Å². The standard InChI is InChI=1S/C28H32N2O2S/c1-28(2,3)17-23-18-30(13-12-29-33(32)25-9-10-25)27-11-7-22(16-26(23)27)19-4-5-21-15-24(31)8-6-20(21)14-19/h4-8,11,14-16,18,25,29,31H,9-10,12-13,17H2,1-3H3. The van der Waals surface area contributed by atoms with Gasteiger partial charge in [0.2, 0.25) is 0 Å². The van der Waals surface area contributed by atoms with Crippen molar-refractivity contribution >= 4 is 33.0 Å². The van der Waals surface area contributed by atoms with Gasteiger partial charge in [0.1, 0.15) is 11.0 Å². The summed E-state index contributed by atoms with van der Waals surface area (Å²) < 4.78 is 17.7. The van der Waals surface area contributed by atoms with Crippen LogP contribution in [0, 0.1) is 5.41 Å². The molecule has 1 aliphatic rings. The van der Waals surface area contributed by atoms with Gasteiger partial charge in [-0.2, -0.15) is 0 Å². The zero-order valence-corrected chi connectivity index (χ0v) is 20.4. The van der Waals surface area contributed by atoms with Crippen LogP contribution in [0.5, 0.6) is 5.75 Å². The molecule has 1 heterocycles. The van der Waals surface area contributed by atoms with E-state index in [1.165, 1.54) is 27.6 Å². The molecule has 0 spiro atoms. The summed E-state index contributed by atoms with van der Waals surface area (Å²) in [6.45, 7) is 8.34. The first kappa shape index (κ1) is 22.3. The average molecular weight is 461 g/mol. The highest BCUT2D eigenvalue weighted by molar-refractivity contribution is 7.90. The van der Waals surface area contributed by atoms with Crippen molar-refractivity contribution in [3.63, 3.8) is 0 Å². The predicted octanol–water partition coefficient (Wildman–Crippen LogP) is 6.17. The van der Waals surface area contributed by atoms with Gasteiger partial charge in [0.15, 0.2) is 0 Å². The Balaban J connectivity index is 1.48. The van der Waals surface area contributed by atoms with Crippen LogP contribution in [0.2, 0.25) is 0 Å². The largest absolute Gasteiger partial charge is 0.598 e. The van der Waals surface area contributed by atoms with Gasteiger partial charge in [-0.1, -0.05) is 45.0 Å². The fraction of sp³-hybridized carbons (Fsp3) is 0.357. The molecule has 0 amide bonds. The van der Waals surface area contributed by atoms with Crippen LogP contribution >= 0.6 is 0 Å². The maximum absolute atomic E-state index is 12.1. The summed E-state index contributed by atoms with van der Waals surface area (Å²) in [6, 6.07) is 18.6.